The predicted molar refractivity (Wildman–Crippen MR) is 79.4 cm³/mol. The molecule has 0 aliphatic carbocycles. The summed E-state index contributed by atoms with van der Waals surface area (Å²) in [6.07, 6.45) is 6.64. The second-order valence-corrected chi connectivity index (χ2v) is 7.01. The lowest BCUT2D eigenvalue weighted by atomic mass is 9.81. The van der Waals surface area contributed by atoms with E-state index in [1.807, 2.05) is 0 Å². The molecule has 0 aliphatic heterocycles. The first-order valence-corrected chi connectivity index (χ1v) is 7.49. The average Bonchev–Trinajstić information content (AvgIpc) is 2.21. The largest absolute Gasteiger partial charge is 0.317 e. The maximum atomic E-state index is 3.52. The molecule has 2 atom stereocenters. The van der Waals surface area contributed by atoms with Crippen LogP contribution in [0, 0.1) is 17.3 Å². The van der Waals surface area contributed by atoms with Crippen LogP contribution in [0.5, 0.6) is 0 Å². The van der Waals surface area contributed by atoms with Gasteiger partial charge in [0, 0.05) is 6.04 Å². The fourth-order valence-electron chi connectivity index (χ4n) is 2.97. The summed E-state index contributed by atoms with van der Waals surface area (Å²) in [7, 11) is 2.12. The van der Waals surface area contributed by atoms with Crippen molar-refractivity contribution in [2.24, 2.45) is 17.3 Å². The summed E-state index contributed by atoms with van der Waals surface area (Å²) >= 11 is 0. The Kier molecular flexibility index (Phi) is 8.11. The molecule has 0 heterocycles. The normalized spacial score (nSPS) is 16.2. The van der Waals surface area contributed by atoms with E-state index < -0.39 is 0 Å². The first-order chi connectivity index (χ1) is 7.82. The zero-order chi connectivity index (χ0) is 13.5. The van der Waals surface area contributed by atoms with Gasteiger partial charge in [0.1, 0.15) is 0 Å². The summed E-state index contributed by atoms with van der Waals surface area (Å²) in [5.41, 5.74) is 0.465. The molecular formula is C16H35N. The number of rotatable bonds is 8. The van der Waals surface area contributed by atoms with Crippen molar-refractivity contribution in [1.29, 1.82) is 0 Å². The zero-order valence-corrected chi connectivity index (χ0v) is 13.3. The van der Waals surface area contributed by atoms with Gasteiger partial charge in [0.15, 0.2) is 0 Å². The first kappa shape index (κ1) is 17.0. The highest BCUT2D eigenvalue weighted by molar-refractivity contribution is 4.75. The van der Waals surface area contributed by atoms with Crippen LogP contribution in [0.4, 0.5) is 0 Å². The van der Waals surface area contributed by atoms with Gasteiger partial charge in [-0.15, -0.1) is 0 Å². The Balaban J connectivity index is 4.11. The summed E-state index contributed by atoms with van der Waals surface area (Å²) in [5, 5.41) is 3.52. The molecule has 1 N–H and O–H groups in total. The molecule has 1 heteroatoms. The maximum absolute atomic E-state index is 3.52. The highest BCUT2D eigenvalue weighted by Gasteiger charge is 2.19. The van der Waals surface area contributed by atoms with Crippen LogP contribution in [-0.2, 0) is 0 Å². The molecule has 1 nitrogen and oxygen atoms in total. The van der Waals surface area contributed by atoms with Crippen molar-refractivity contribution in [3.8, 4) is 0 Å². The first-order valence-electron chi connectivity index (χ1n) is 7.49. The van der Waals surface area contributed by atoms with Gasteiger partial charge >= 0.3 is 0 Å². The third kappa shape index (κ3) is 8.65. The van der Waals surface area contributed by atoms with E-state index >= 15 is 0 Å². The van der Waals surface area contributed by atoms with E-state index in [1.165, 1.54) is 32.1 Å². The van der Waals surface area contributed by atoms with Gasteiger partial charge in [-0.3, -0.25) is 0 Å². The molecule has 17 heavy (non-hydrogen) atoms. The lowest BCUT2D eigenvalue weighted by Gasteiger charge is -2.28. The summed E-state index contributed by atoms with van der Waals surface area (Å²) in [6.45, 7) is 14.1. The topological polar surface area (TPSA) is 12.0 Å². The zero-order valence-electron chi connectivity index (χ0n) is 13.3. The fourth-order valence-corrected chi connectivity index (χ4v) is 2.97. The van der Waals surface area contributed by atoms with Gasteiger partial charge in [-0.25, -0.2) is 0 Å². The lowest BCUT2D eigenvalue weighted by molar-refractivity contribution is 0.260. The minimum absolute atomic E-state index is 0.465. The van der Waals surface area contributed by atoms with Gasteiger partial charge in [0.25, 0.3) is 0 Å². The Labute approximate surface area is 110 Å². The quantitative estimate of drug-likeness (QED) is 0.639. The molecule has 0 spiro atoms. The summed E-state index contributed by atoms with van der Waals surface area (Å²) in [6, 6.07) is 0.706. The van der Waals surface area contributed by atoms with Crippen molar-refractivity contribution in [3.63, 3.8) is 0 Å². The van der Waals surface area contributed by atoms with Crippen LogP contribution in [-0.4, -0.2) is 13.1 Å². The molecule has 0 radical (unpaired) electrons. The van der Waals surface area contributed by atoms with Crippen molar-refractivity contribution in [2.45, 2.75) is 79.7 Å². The molecule has 0 aromatic heterocycles. The van der Waals surface area contributed by atoms with Crippen LogP contribution < -0.4 is 5.32 Å². The molecule has 0 aliphatic rings. The van der Waals surface area contributed by atoms with Crippen LogP contribution in [0.1, 0.15) is 73.6 Å². The molecule has 0 aromatic carbocycles. The number of nitrogens with one attached hydrogen (secondary N) is 1. The molecule has 0 fully saturated rings. The molecular weight excluding hydrogens is 206 g/mol. The molecule has 0 saturated carbocycles. The predicted octanol–water partition coefficient (Wildman–Crippen LogP) is 4.86. The standard InChI is InChI=1S/C16H35N/c1-8-14(9-2)11-15(17-7)10-13(3)12-16(4,5)6/h13-15,17H,8-12H2,1-7H3. The number of hydrogen-bond donors (Lipinski definition) is 1. The van der Waals surface area contributed by atoms with Crippen LogP contribution in [0.3, 0.4) is 0 Å². The Hall–Kier alpha value is -0.0400. The summed E-state index contributed by atoms with van der Waals surface area (Å²) in [5.74, 6) is 1.72. The number of hydrogen-bond acceptors (Lipinski definition) is 1. The summed E-state index contributed by atoms with van der Waals surface area (Å²) in [4.78, 5) is 0. The van der Waals surface area contributed by atoms with Gasteiger partial charge in [0.05, 0.1) is 0 Å². The van der Waals surface area contributed by atoms with Crippen LogP contribution in [0.2, 0.25) is 0 Å². The molecule has 0 saturated heterocycles. The second-order valence-electron chi connectivity index (χ2n) is 7.01. The van der Waals surface area contributed by atoms with Crippen LogP contribution >= 0.6 is 0 Å². The van der Waals surface area contributed by atoms with Crippen LogP contribution in [0.25, 0.3) is 0 Å². The Morgan fingerprint density at radius 3 is 1.88 bits per heavy atom. The SMILES string of the molecule is CCC(CC)CC(CC(C)CC(C)(C)C)NC. The van der Waals surface area contributed by atoms with Gasteiger partial charge in [-0.2, -0.15) is 0 Å². The van der Waals surface area contributed by atoms with Gasteiger partial charge < -0.3 is 5.32 Å². The van der Waals surface area contributed by atoms with Crippen molar-refractivity contribution < 1.29 is 0 Å². The fraction of sp³-hybridized carbons (Fsp3) is 1.00. The van der Waals surface area contributed by atoms with E-state index in [-0.39, 0.29) is 0 Å². The van der Waals surface area contributed by atoms with E-state index in [0.717, 1.165) is 11.8 Å². The van der Waals surface area contributed by atoms with E-state index in [0.29, 0.717) is 11.5 Å². The Morgan fingerprint density at radius 1 is 1.00 bits per heavy atom. The Bertz CT molecular complexity index is 176. The second kappa shape index (κ2) is 8.13. The van der Waals surface area contributed by atoms with Crippen LogP contribution in [0.15, 0.2) is 0 Å². The van der Waals surface area contributed by atoms with E-state index in [4.69, 9.17) is 0 Å². The van der Waals surface area contributed by atoms with Crippen molar-refractivity contribution in [2.75, 3.05) is 7.05 Å². The van der Waals surface area contributed by atoms with Gasteiger partial charge in [0.2, 0.25) is 0 Å². The van der Waals surface area contributed by atoms with E-state index in [1.54, 1.807) is 0 Å². The monoisotopic (exact) mass is 241 g/mol. The Morgan fingerprint density at radius 2 is 1.53 bits per heavy atom. The third-order valence-corrected chi connectivity index (χ3v) is 3.83. The molecule has 2 unspecified atom stereocenters. The lowest BCUT2D eigenvalue weighted by Crippen LogP contribution is -2.30. The highest BCUT2D eigenvalue weighted by Crippen LogP contribution is 2.28. The molecule has 0 amide bonds. The van der Waals surface area contributed by atoms with E-state index in [9.17, 15) is 0 Å². The molecule has 0 bridgehead atoms. The minimum Gasteiger partial charge on any atom is -0.317 e. The smallest absolute Gasteiger partial charge is 0.00692 e. The van der Waals surface area contributed by atoms with Crippen molar-refractivity contribution in [1.82, 2.24) is 5.32 Å². The average molecular weight is 241 g/mol. The minimum atomic E-state index is 0.465. The van der Waals surface area contributed by atoms with Gasteiger partial charge in [-0.1, -0.05) is 54.4 Å². The van der Waals surface area contributed by atoms with E-state index in [2.05, 4.69) is 53.9 Å². The summed E-state index contributed by atoms with van der Waals surface area (Å²) < 4.78 is 0. The molecule has 0 aromatic rings. The molecule has 104 valence electrons. The van der Waals surface area contributed by atoms with Crippen molar-refractivity contribution in [3.05, 3.63) is 0 Å². The molecule has 0 rings (SSSR count). The third-order valence-electron chi connectivity index (χ3n) is 3.83. The maximum Gasteiger partial charge on any atom is 0.00692 e. The van der Waals surface area contributed by atoms with Crippen molar-refractivity contribution >= 4 is 0 Å². The van der Waals surface area contributed by atoms with Gasteiger partial charge in [-0.05, 0) is 43.6 Å². The highest BCUT2D eigenvalue weighted by atomic mass is 14.9.